The van der Waals surface area contributed by atoms with Gasteiger partial charge in [-0.15, -0.1) is 11.3 Å². The molecule has 1 aromatic carbocycles. The van der Waals surface area contributed by atoms with Crippen molar-refractivity contribution in [3.05, 3.63) is 59.5 Å². The van der Waals surface area contributed by atoms with E-state index < -0.39 is 18.2 Å². The zero-order valence-corrected chi connectivity index (χ0v) is 21.4. The summed E-state index contributed by atoms with van der Waals surface area (Å²) in [5, 5.41) is 17.7. The first-order chi connectivity index (χ1) is 16.8. The smallest absolute Gasteiger partial charge is 0.248 e. The van der Waals surface area contributed by atoms with Gasteiger partial charge in [-0.2, -0.15) is 5.10 Å². The number of benzene rings is 1. The maximum atomic E-state index is 13.5. The molecule has 0 aliphatic carbocycles. The Bertz CT molecular complexity index is 1140. The first-order valence-electron chi connectivity index (χ1n) is 12.1. The molecule has 0 saturated carbocycles. The molecule has 1 saturated heterocycles. The molecule has 186 valence electrons. The van der Waals surface area contributed by atoms with Crippen molar-refractivity contribution in [3.63, 3.8) is 0 Å². The van der Waals surface area contributed by atoms with Crippen LogP contribution in [0.15, 0.2) is 48.2 Å². The summed E-state index contributed by atoms with van der Waals surface area (Å²) in [6, 6.07) is 8.50. The predicted octanol–water partition coefficient (Wildman–Crippen LogP) is 3.74. The van der Waals surface area contributed by atoms with Crippen LogP contribution >= 0.6 is 11.3 Å². The molecule has 0 bridgehead atoms. The maximum absolute atomic E-state index is 13.5. The highest BCUT2D eigenvalue weighted by atomic mass is 32.1. The van der Waals surface area contributed by atoms with E-state index >= 15 is 0 Å². The largest absolute Gasteiger partial charge is 0.391 e. The minimum absolute atomic E-state index is 0.0204. The second kappa shape index (κ2) is 10.7. The molecule has 3 aromatic rings. The fourth-order valence-electron chi connectivity index (χ4n) is 4.76. The van der Waals surface area contributed by atoms with Gasteiger partial charge in [-0.05, 0) is 36.5 Å². The van der Waals surface area contributed by atoms with Crippen LogP contribution in [-0.2, 0) is 9.59 Å². The Balaban J connectivity index is 1.50. The Hall–Kier alpha value is -3.04. The second-order valence-electron chi connectivity index (χ2n) is 9.43. The highest BCUT2D eigenvalue weighted by Gasteiger charge is 2.42. The standard InChI is InChI=1S/C26H33N5O3S/c1-5-21(18-7-9-19(10-8-18)24-17(4)27-15-35-24)29-25(33)22-13-20(32)14-30(22)26(34)23(16(2)3)31-12-6-11-28-31/h6-12,15-16,20-23,32H,5,13-14H2,1-4H3,(H,29,33)/t20-,21+,22+,23+/m1/s1. The van der Waals surface area contributed by atoms with Crippen molar-refractivity contribution in [2.24, 2.45) is 5.92 Å². The van der Waals surface area contributed by atoms with Crippen molar-refractivity contribution in [2.45, 2.75) is 64.8 Å². The van der Waals surface area contributed by atoms with Crippen LogP contribution in [0.1, 0.15) is 57.0 Å². The highest BCUT2D eigenvalue weighted by Crippen LogP contribution is 2.30. The summed E-state index contributed by atoms with van der Waals surface area (Å²) in [6.45, 7) is 8.06. The van der Waals surface area contributed by atoms with Crippen LogP contribution in [0.5, 0.6) is 0 Å². The van der Waals surface area contributed by atoms with Gasteiger partial charge in [0.05, 0.1) is 28.2 Å². The highest BCUT2D eigenvalue weighted by molar-refractivity contribution is 7.13. The molecule has 4 rings (SSSR count). The van der Waals surface area contributed by atoms with E-state index in [4.69, 9.17) is 0 Å². The lowest BCUT2D eigenvalue weighted by atomic mass is 10.0. The quantitative estimate of drug-likeness (QED) is 0.496. The van der Waals surface area contributed by atoms with E-state index in [1.165, 1.54) is 4.90 Å². The van der Waals surface area contributed by atoms with Crippen LogP contribution in [0.3, 0.4) is 0 Å². The third kappa shape index (κ3) is 5.31. The molecule has 0 spiro atoms. The summed E-state index contributed by atoms with van der Waals surface area (Å²) in [4.78, 5) is 33.9. The van der Waals surface area contributed by atoms with Crippen LogP contribution in [0.4, 0.5) is 0 Å². The maximum Gasteiger partial charge on any atom is 0.248 e. The van der Waals surface area contributed by atoms with Crippen molar-refractivity contribution < 1.29 is 14.7 Å². The van der Waals surface area contributed by atoms with Gasteiger partial charge in [-0.25, -0.2) is 4.98 Å². The van der Waals surface area contributed by atoms with E-state index in [2.05, 4.69) is 27.5 Å². The van der Waals surface area contributed by atoms with E-state index in [0.717, 1.165) is 21.7 Å². The van der Waals surface area contributed by atoms with E-state index in [0.29, 0.717) is 6.42 Å². The summed E-state index contributed by atoms with van der Waals surface area (Å²) in [5.74, 6) is -0.460. The number of rotatable bonds is 8. The van der Waals surface area contributed by atoms with Crippen molar-refractivity contribution in [2.75, 3.05) is 6.54 Å². The van der Waals surface area contributed by atoms with Gasteiger partial charge in [-0.1, -0.05) is 45.0 Å². The van der Waals surface area contributed by atoms with Gasteiger partial charge in [-0.3, -0.25) is 14.3 Å². The Morgan fingerprint density at radius 3 is 2.57 bits per heavy atom. The van der Waals surface area contributed by atoms with Crippen molar-refractivity contribution in [1.29, 1.82) is 0 Å². The summed E-state index contributed by atoms with van der Waals surface area (Å²) in [7, 11) is 0. The molecule has 2 amide bonds. The van der Waals surface area contributed by atoms with Crippen molar-refractivity contribution in [1.82, 2.24) is 25.0 Å². The number of aliphatic hydroxyl groups excluding tert-OH is 1. The number of hydrogen-bond donors (Lipinski definition) is 2. The normalized spacial score (nSPS) is 19.7. The third-order valence-corrected chi connectivity index (χ3v) is 7.58. The number of likely N-dealkylation sites (tertiary alicyclic amines) is 1. The number of aliphatic hydroxyl groups is 1. The van der Waals surface area contributed by atoms with Crippen LogP contribution < -0.4 is 5.32 Å². The molecular weight excluding hydrogens is 462 g/mol. The molecule has 3 heterocycles. The molecule has 1 aliphatic heterocycles. The fraction of sp³-hybridized carbons (Fsp3) is 0.462. The summed E-state index contributed by atoms with van der Waals surface area (Å²) >= 11 is 1.61. The van der Waals surface area contributed by atoms with Crippen LogP contribution in [-0.4, -0.2) is 55.3 Å². The average molecular weight is 496 g/mol. The number of β-amino-alcohol motifs (C(OH)–C–C–N with tert-alkyl or cyclic N) is 1. The monoisotopic (exact) mass is 495 g/mol. The molecule has 4 atom stereocenters. The molecule has 8 nitrogen and oxygen atoms in total. The van der Waals surface area contributed by atoms with Gasteiger partial charge in [0.25, 0.3) is 0 Å². The van der Waals surface area contributed by atoms with Crippen molar-refractivity contribution in [3.8, 4) is 10.4 Å². The number of nitrogens with zero attached hydrogens (tertiary/aromatic N) is 4. The number of hydrogen-bond acceptors (Lipinski definition) is 6. The Morgan fingerprint density at radius 1 is 1.26 bits per heavy atom. The minimum Gasteiger partial charge on any atom is -0.391 e. The van der Waals surface area contributed by atoms with Crippen molar-refractivity contribution >= 4 is 23.2 Å². The van der Waals surface area contributed by atoms with Gasteiger partial charge in [0, 0.05) is 25.4 Å². The lowest BCUT2D eigenvalue weighted by molar-refractivity contribution is -0.142. The van der Waals surface area contributed by atoms with Gasteiger partial charge in [0.1, 0.15) is 12.1 Å². The van der Waals surface area contributed by atoms with E-state index in [1.54, 1.807) is 34.5 Å². The molecule has 0 unspecified atom stereocenters. The lowest BCUT2D eigenvalue weighted by Crippen LogP contribution is -2.49. The number of amides is 2. The SMILES string of the molecule is CC[C@H](NC(=O)[C@@H]1C[C@@H](O)CN1C(=O)[C@H](C(C)C)n1cccn1)c1ccc(-c2scnc2C)cc1. The van der Waals surface area contributed by atoms with Gasteiger partial charge >= 0.3 is 0 Å². The summed E-state index contributed by atoms with van der Waals surface area (Å²) in [5.41, 5.74) is 4.94. The summed E-state index contributed by atoms with van der Waals surface area (Å²) < 4.78 is 1.63. The van der Waals surface area contributed by atoms with Crippen LogP contribution in [0.2, 0.25) is 0 Å². The third-order valence-electron chi connectivity index (χ3n) is 6.60. The van der Waals surface area contributed by atoms with E-state index in [1.807, 2.05) is 45.3 Å². The second-order valence-corrected chi connectivity index (χ2v) is 10.3. The van der Waals surface area contributed by atoms with Gasteiger partial charge in [0.2, 0.25) is 11.8 Å². The molecular formula is C26H33N5O3S. The number of carbonyl (C=O) groups excluding carboxylic acids is 2. The Kier molecular flexibility index (Phi) is 7.66. The number of thiazole rings is 1. The topological polar surface area (TPSA) is 100 Å². The molecule has 9 heteroatoms. The minimum atomic E-state index is -0.734. The number of nitrogens with one attached hydrogen (secondary N) is 1. The zero-order chi connectivity index (χ0) is 25.1. The predicted molar refractivity (Wildman–Crippen MR) is 136 cm³/mol. The Labute approximate surface area is 210 Å². The molecule has 35 heavy (non-hydrogen) atoms. The van der Waals surface area contributed by atoms with Crippen LogP contribution in [0, 0.1) is 12.8 Å². The Morgan fingerprint density at radius 2 is 2.00 bits per heavy atom. The molecule has 2 aromatic heterocycles. The number of carbonyl (C=O) groups is 2. The van der Waals surface area contributed by atoms with Crippen LogP contribution in [0.25, 0.3) is 10.4 Å². The molecule has 2 N–H and O–H groups in total. The van der Waals surface area contributed by atoms with E-state index in [-0.39, 0.29) is 36.7 Å². The zero-order valence-electron chi connectivity index (χ0n) is 20.6. The van der Waals surface area contributed by atoms with E-state index in [9.17, 15) is 14.7 Å². The number of aryl methyl sites for hydroxylation is 1. The number of aromatic nitrogens is 3. The molecule has 1 aliphatic rings. The van der Waals surface area contributed by atoms with Gasteiger partial charge in [0.15, 0.2) is 0 Å². The molecule has 1 fully saturated rings. The first-order valence-corrected chi connectivity index (χ1v) is 13.0. The molecule has 0 radical (unpaired) electrons. The average Bonchev–Trinajstić information content (AvgIpc) is 3.59. The fourth-order valence-corrected chi connectivity index (χ4v) is 5.57. The first kappa shape index (κ1) is 25.1. The lowest BCUT2D eigenvalue weighted by Gasteiger charge is -2.31. The van der Waals surface area contributed by atoms with Gasteiger partial charge < -0.3 is 15.3 Å². The summed E-state index contributed by atoms with van der Waals surface area (Å²) in [6.07, 6.45) is 3.59.